The van der Waals surface area contributed by atoms with E-state index >= 15 is 0 Å². The fraction of sp³-hybridized carbons (Fsp3) is 0.125. The summed E-state index contributed by atoms with van der Waals surface area (Å²) >= 11 is 11.9. The van der Waals surface area contributed by atoms with Crippen LogP contribution >= 0.6 is 23.2 Å². The first-order valence-corrected chi connectivity index (χ1v) is 10.7. The number of nitrogens with one attached hydrogen (secondary N) is 1. The quantitative estimate of drug-likeness (QED) is 0.196. The molecule has 3 rings (SSSR count). The van der Waals surface area contributed by atoms with Crippen molar-refractivity contribution in [2.24, 2.45) is 5.10 Å². The van der Waals surface area contributed by atoms with Crippen LogP contribution in [0.4, 0.5) is 0 Å². The first kappa shape index (κ1) is 24.1. The summed E-state index contributed by atoms with van der Waals surface area (Å²) in [4.78, 5) is 24.3. The van der Waals surface area contributed by atoms with Gasteiger partial charge in [-0.1, -0.05) is 47.5 Å². The van der Waals surface area contributed by atoms with E-state index in [1.807, 2.05) is 13.0 Å². The zero-order chi connectivity index (χ0) is 23.6. The maximum atomic E-state index is 12.3. The van der Waals surface area contributed by atoms with Crippen molar-refractivity contribution in [2.75, 3.05) is 13.2 Å². The van der Waals surface area contributed by atoms with E-state index in [1.165, 1.54) is 6.21 Å². The molecule has 0 fully saturated rings. The van der Waals surface area contributed by atoms with Gasteiger partial charge in [0, 0.05) is 0 Å². The van der Waals surface area contributed by atoms with E-state index < -0.39 is 11.9 Å². The van der Waals surface area contributed by atoms with Crippen LogP contribution in [0.1, 0.15) is 22.8 Å². The van der Waals surface area contributed by atoms with E-state index in [9.17, 15) is 9.59 Å². The fourth-order valence-corrected chi connectivity index (χ4v) is 2.99. The van der Waals surface area contributed by atoms with Crippen molar-refractivity contribution in [1.29, 1.82) is 0 Å². The number of carbonyl (C=O) groups is 2. The maximum absolute atomic E-state index is 12.3. The molecule has 0 heterocycles. The van der Waals surface area contributed by atoms with Crippen molar-refractivity contribution in [3.63, 3.8) is 0 Å². The number of amides is 1. The Hall–Kier alpha value is -3.55. The van der Waals surface area contributed by atoms with Crippen molar-refractivity contribution < 1.29 is 23.8 Å². The number of hydrogen-bond donors (Lipinski definition) is 1. The van der Waals surface area contributed by atoms with Crippen LogP contribution in [0.25, 0.3) is 0 Å². The van der Waals surface area contributed by atoms with Gasteiger partial charge in [-0.2, -0.15) is 5.10 Å². The summed E-state index contributed by atoms with van der Waals surface area (Å²) in [6, 6.07) is 18.4. The van der Waals surface area contributed by atoms with Crippen molar-refractivity contribution >= 4 is 41.3 Å². The molecule has 3 aromatic rings. The minimum atomic E-state index is -0.495. The number of esters is 1. The SMILES string of the molecule is CCOc1cc(/C=N/NC(=O)COc2cccc(Cl)c2Cl)ccc1OC(=O)c1ccccc1. The van der Waals surface area contributed by atoms with Gasteiger partial charge >= 0.3 is 5.97 Å². The molecule has 7 nitrogen and oxygen atoms in total. The van der Waals surface area contributed by atoms with Gasteiger partial charge in [0.2, 0.25) is 0 Å². The van der Waals surface area contributed by atoms with Gasteiger partial charge in [0.15, 0.2) is 18.1 Å². The van der Waals surface area contributed by atoms with E-state index in [1.54, 1.807) is 60.7 Å². The summed E-state index contributed by atoms with van der Waals surface area (Å²) in [6.45, 7) is 1.89. The number of hydrazone groups is 1. The van der Waals surface area contributed by atoms with E-state index in [4.69, 9.17) is 37.4 Å². The molecule has 0 saturated heterocycles. The van der Waals surface area contributed by atoms with Gasteiger partial charge in [-0.25, -0.2) is 10.2 Å². The Kier molecular flexibility index (Phi) is 8.69. The highest BCUT2D eigenvalue weighted by Gasteiger charge is 2.13. The number of ether oxygens (including phenoxy) is 3. The molecule has 0 aliphatic rings. The monoisotopic (exact) mass is 486 g/mol. The van der Waals surface area contributed by atoms with Crippen molar-refractivity contribution in [3.8, 4) is 17.2 Å². The molecule has 170 valence electrons. The minimum Gasteiger partial charge on any atom is -0.490 e. The first-order chi connectivity index (χ1) is 16.0. The van der Waals surface area contributed by atoms with E-state index in [0.717, 1.165) is 0 Å². The summed E-state index contributed by atoms with van der Waals surface area (Å²) in [7, 11) is 0. The van der Waals surface area contributed by atoms with Crippen LogP contribution < -0.4 is 19.6 Å². The highest BCUT2D eigenvalue weighted by atomic mass is 35.5. The Bertz CT molecular complexity index is 1150. The smallest absolute Gasteiger partial charge is 0.343 e. The van der Waals surface area contributed by atoms with E-state index in [2.05, 4.69) is 10.5 Å². The third kappa shape index (κ3) is 6.97. The minimum absolute atomic E-state index is 0.229. The predicted molar refractivity (Wildman–Crippen MR) is 127 cm³/mol. The van der Waals surface area contributed by atoms with Crippen LogP contribution in [0.2, 0.25) is 10.0 Å². The molecule has 0 spiro atoms. The van der Waals surface area contributed by atoms with Crippen LogP contribution in [-0.2, 0) is 4.79 Å². The molecular formula is C24H20Cl2N2O5. The third-order valence-corrected chi connectivity index (χ3v) is 4.96. The molecule has 1 amide bonds. The lowest BCUT2D eigenvalue weighted by molar-refractivity contribution is -0.123. The molecule has 0 radical (unpaired) electrons. The lowest BCUT2D eigenvalue weighted by Crippen LogP contribution is -2.24. The summed E-state index contributed by atoms with van der Waals surface area (Å²) in [5, 5.41) is 4.46. The zero-order valence-corrected chi connectivity index (χ0v) is 19.1. The zero-order valence-electron chi connectivity index (χ0n) is 17.6. The number of halogens is 2. The molecule has 0 aliphatic heterocycles. The van der Waals surface area contributed by atoms with Gasteiger partial charge in [0.25, 0.3) is 5.91 Å². The van der Waals surface area contributed by atoms with E-state index in [-0.39, 0.29) is 17.4 Å². The Balaban J connectivity index is 1.59. The average Bonchev–Trinajstić information content (AvgIpc) is 2.82. The number of hydrogen-bond acceptors (Lipinski definition) is 6. The molecule has 0 saturated carbocycles. The maximum Gasteiger partial charge on any atom is 0.343 e. The second-order valence-corrected chi connectivity index (χ2v) is 7.31. The van der Waals surface area contributed by atoms with Crippen molar-refractivity contribution in [2.45, 2.75) is 6.92 Å². The third-order valence-electron chi connectivity index (χ3n) is 4.16. The Morgan fingerprint density at radius 3 is 2.48 bits per heavy atom. The summed E-state index contributed by atoms with van der Waals surface area (Å²) in [5.74, 6) is -0.0363. The average molecular weight is 487 g/mol. The molecule has 1 N–H and O–H groups in total. The van der Waals surface area contributed by atoms with Gasteiger partial charge in [-0.05, 0) is 55.0 Å². The first-order valence-electron chi connectivity index (χ1n) is 9.90. The molecule has 0 unspecified atom stereocenters. The Labute approximate surface area is 200 Å². The van der Waals surface area contributed by atoms with Crippen LogP contribution in [0.3, 0.4) is 0 Å². The molecule has 0 aliphatic carbocycles. The van der Waals surface area contributed by atoms with Crippen LogP contribution in [0, 0.1) is 0 Å². The van der Waals surface area contributed by atoms with Gasteiger partial charge in [0.1, 0.15) is 10.8 Å². The molecule has 0 aromatic heterocycles. The number of rotatable bonds is 9. The molecule has 33 heavy (non-hydrogen) atoms. The molecule has 0 bridgehead atoms. The molecule has 9 heteroatoms. The van der Waals surface area contributed by atoms with E-state index in [0.29, 0.717) is 34.3 Å². The van der Waals surface area contributed by atoms with Crippen LogP contribution in [0.15, 0.2) is 71.8 Å². The lowest BCUT2D eigenvalue weighted by Gasteiger charge is -2.11. The van der Waals surface area contributed by atoms with Gasteiger partial charge in [0.05, 0.1) is 23.4 Å². The van der Waals surface area contributed by atoms with Crippen molar-refractivity contribution in [3.05, 3.63) is 87.9 Å². The van der Waals surface area contributed by atoms with Gasteiger partial charge < -0.3 is 14.2 Å². The molecular weight excluding hydrogens is 467 g/mol. The number of nitrogens with zero attached hydrogens (tertiary/aromatic N) is 1. The second kappa shape index (κ2) is 11.9. The van der Waals surface area contributed by atoms with Gasteiger partial charge in [-0.15, -0.1) is 0 Å². The highest BCUT2D eigenvalue weighted by molar-refractivity contribution is 6.42. The second-order valence-electron chi connectivity index (χ2n) is 6.53. The lowest BCUT2D eigenvalue weighted by atomic mass is 10.2. The summed E-state index contributed by atoms with van der Waals surface area (Å²) in [6.07, 6.45) is 1.43. The predicted octanol–water partition coefficient (Wildman–Crippen LogP) is 5.14. The molecule has 0 atom stereocenters. The highest BCUT2D eigenvalue weighted by Crippen LogP contribution is 2.31. The normalized spacial score (nSPS) is 10.6. The topological polar surface area (TPSA) is 86.2 Å². The Morgan fingerprint density at radius 1 is 0.939 bits per heavy atom. The van der Waals surface area contributed by atoms with Gasteiger partial charge in [-0.3, -0.25) is 4.79 Å². The largest absolute Gasteiger partial charge is 0.490 e. The standard InChI is InChI=1S/C24H20Cl2N2O5/c1-2-31-21-13-16(11-12-19(21)33-24(30)17-7-4-3-5-8-17)14-27-28-22(29)15-32-20-10-6-9-18(25)23(20)26/h3-14H,2,15H2,1H3,(H,28,29)/b27-14+. The summed E-state index contributed by atoms with van der Waals surface area (Å²) < 4.78 is 16.4. The van der Waals surface area contributed by atoms with Crippen LogP contribution in [0.5, 0.6) is 17.2 Å². The van der Waals surface area contributed by atoms with Crippen molar-refractivity contribution in [1.82, 2.24) is 5.43 Å². The summed E-state index contributed by atoms with van der Waals surface area (Å²) in [5.41, 5.74) is 3.41. The Morgan fingerprint density at radius 2 is 1.73 bits per heavy atom. The number of carbonyl (C=O) groups excluding carboxylic acids is 2. The van der Waals surface area contributed by atoms with Crippen LogP contribution in [-0.4, -0.2) is 31.3 Å². The molecule has 3 aromatic carbocycles. The fourth-order valence-electron chi connectivity index (χ4n) is 2.64. The number of benzene rings is 3.